The van der Waals surface area contributed by atoms with E-state index in [4.69, 9.17) is 9.47 Å². The smallest absolute Gasteiger partial charge is 0.161 e. The molecular formula is C27H36O4. The van der Waals surface area contributed by atoms with E-state index in [0.717, 1.165) is 36.8 Å². The van der Waals surface area contributed by atoms with Gasteiger partial charge in [-0.3, -0.25) is 0 Å². The van der Waals surface area contributed by atoms with E-state index in [1.54, 1.807) is 0 Å². The number of hydrogen-bond acceptors (Lipinski definition) is 4. The third kappa shape index (κ3) is 3.35. The van der Waals surface area contributed by atoms with Gasteiger partial charge < -0.3 is 19.7 Å². The minimum absolute atomic E-state index is 0.0714. The largest absolute Gasteiger partial charge is 0.504 e. The average molecular weight is 425 g/mol. The van der Waals surface area contributed by atoms with Gasteiger partial charge in [0.05, 0.1) is 13.2 Å². The maximum absolute atomic E-state index is 10.8. The first kappa shape index (κ1) is 21.9. The van der Waals surface area contributed by atoms with Gasteiger partial charge in [0, 0.05) is 5.41 Å². The molecule has 0 bridgehead atoms. The zero-order chi connectivity index (χ0) is 22.6. The highest BCUT2D eigenvalue weighted by Gasteiger charge is 2.57. The molecule has 0 aromatic heterocycles. The molecule has 2 aliphatic carbocycles. The van der Waals surface area contributed by atoms with Crippen LogP contribution >= 0.6 is 0 Å². The molecule has 2 aromatic rings. The molecule has 0 saturated carbocycles. The molecule has 2 aliphatic rings. The monoisotopic (exact) mass is 424 g/mol. The summed E-state index contributed by atoms with van der Waals surface area (Å²) in [7, 11) is 0. The maximum atomic E-state index is 10.8. The van der Waals surface area contributed by atoms with Gasteiger partial charge in [-0.15, -0.1) is 0 Å². The summed E-state index contributed by atoms with van der Waals surface area (Å²) in [5.41, 5.74) is 4.38. The molecule has 0 heterocycles. The minimum Gasteiger partial charge on any atom is -0.504 e. The fourth-order valence-electron chi connectivity index (χ4n) is 5.99. The normalized spacial score (nSPS) is 19.3. The highest BCUT2D eigenvalue weighted by atomic mass is 16.5. The summed E-state index contributed by atoms with van der Waals surface area (Å²) in [4.78, 5) is 0. The van der Waals surface area contributed by atoms with E-state index in [0.29, 0.717) is 24.7 Å². The van der Waals surface area contributed by atoms with Crippen LogP contribution in [0.5, 0.6) is 23.0 Å². The highest BCUT2D eigenvalue weighted by molar-refractivity contribution is 5.65. The molecule has 4 heteroatoms. The van der Waals surface area contributed by atoms with Crippen LogP contribution in [0.4, 0.5) is 0 Å². The Bertz CT molecular complexity index is 921. The number of aromatic hydroxyl groups is 2. The average Bonchev–Trinajstić information content (AvgIpc) is 3.03. The molecule has 168 valence electrons. The minimum atomic E-state index is -0.251. The highest BCUT2D eigenvalue weighted by Crippen LogP contribution is 2.64. The summed E-state index contributed by atoms with van der Waals surface area (Å²) in [6.07, 6.45) is 3.65. The first-order valence-electron chi connectivity index (χ1n) is 11.6. The van der Waals surface area contributed by atoms with Gasteiger partial charge in [0.15, 0.2) is 23.0 Å². The van der Waals surface area contributed by atoms with Gasteiger partial charge in [-0.25, -0.2) is 0 Å². The molecular weight excluding hydrogens is 388 g/mol. The molecule has 0 fully saturated rings. The Morgan fingerprint density at radius 1 is 0.677 bits per heavy atom. The van der Waals surface area contributed by atoms with Gasteiger partial charge in [-0.05, 0) is 83.0 Å². The Hall–Kier alpha value is -2.36. The van der Waals surface area contributed by atoms with E-state index in [9.17, 15) is 10.2 Å². The van der Waals surface area contributed by atoms with Crippen molar-refractivity contribution < 1.29 is 19.7 Å². The standard InChI is InChI=1S/C27H36O4/c1-7-9-30-23-13-17-19(11-21(23)28)27(15-25(17,3)4)16-26(5,6)18-14-24(31-10-8-2)22(29)12-20(18)27/h11-14,28-29H,7-10,15-16H2,1-6H3. The van der Waals surface area contributed by atoms with Gasteiger partial charge in [-0.2, -0.15) is 0 Å². The number of fused-ring (bicyclic) bond motifs is 4. The topological polar surface area (TPSA) is 58.9 Å². The number of benzene rings is 2. The number of rotatable bonds is 6. The number of phenols is 2. The van der Waals surface area contributed by atoms with E-state index < -0.39 is 0 Å². The molecule has 31 heavy (non-hydrogen) atoms. The first-order chi connectivity index (χ1) is 14.6. The number of phenolic OH excluding ortho intramolecular Hbond substituents is 2. The first-order valence-corrected chi connectivity index (χ1v) is 11.6. The predicted octanol–water partition coefficient (Wildman–Crippen LogP) is 6.32. The van der Waals surface area contributed by atoms with Gasteiger partial charge in [0.2, 0.25) is 0 Å². The van der Waals surface area contributed by atoms with E-state index in [2.05, 4.69) is 41.5 Å². The third-order valence-electron chi connectivity index (χ3n) is 7.10. The van der Waals surface area contributed by atoms with E-state index in [-0.39, 0.29) is 27.7 Å². The van der Waals surface area contributed by atoms with E-state index in [1.807, 2.05) is 24.3 Å². The molecule has 1 spiro atoms. The molecule has 0 atom stereocenters. The Morgan fingerprint density at radius 3 is 1.42 bits per heavy atom. The number of hydrogen-bond donors (Lipinski definition) is 2. The van der Waals surface area contributed by atoms with Crippen LogP contribution in [0.25, 0.3) is 0 Å². The van der Waals surface area contributed by atoms with E-state index in [1.165, 1.54) is 11.1 Å². The number of ether oxygens (including phenoxy) is 2. The second-order valence-corrected chi connectivity index (χ2v) is 10.6. The van der Waals surface area contributed by atoms with Crippen LogP contribution in [0.15, 0.2) is 24.3 Å². The molecule has 0 amide bonds. The van der Waals surface area contributed by atoms with Crippen molar-refractivity contribution in [2.45, 2.75) is 83.5 Å². The fourth-order valence-corrected chi connectivity index (χ4v) is 5.99. The van der Waals surface area contributed by atoms with Gasteiger partial charge >= 0.3 is 0 Å². The lowest BCUT2D eigenvalue weighted by atomic mass is 9.72. The van der Waals surface area contributed by atoms with Crippen LogP contribution in [0, 0.1) is 0 Å². The van der Waals surface area contributed by atoms with Crippen LogP contribution in [0.1, 0.15) is 89.5 Å². The van der Waals surface area contributed by atoms with Crippen molar-refractivity contribution in [3.05, 3.63) is 46.5 Å². The lowest BCUT2D eigenvalue weighted by Gasteiger charge is -2.30. The SMILES string of the molecule is CCCOc1cc2c(cc1O)C1(CC2(C)C)CC(C)(C)c2cc(OCCC)c(O)cc21. The van der Waals surface area contributed by atoms with Crippen LogP contribution in [-0.4, -0.2) is 23.4 Å². The zero-order valence-corrected chi connectivity index (χ0v) is 19.8. The molecule has 0 aliphatic heterocycles. The summed E-state index contributed by atoms with van der Waals surface area (Å²) < 4.78 is 11.7. The van der Waals surface area contributed by atoms with Gasteiger partial charge in [-0.1, -0.05) is 41.5 Å². The van der Waals surface area contributed by atoms with Crippen molar-refractivity contribution >= 4 is 0 Å². The molecule has 4 nitrogen and oxygen atoms in total. The Morgan fingerprint density at radius 2 is 1.06 bits per heavy atom. The van der Waals surface area contributed by atoms with Gasteiger partial charge in [0.25, 0.3) is 0 Å². The Labute approximate surface area is 186 Å². The second kappa shape index (κ2) is 7.36. The van der Waals surface area contributed by atoms with Gasteiger partial charge in [0.1, 0.15) is 0 Å². The van der Waals surface area contributed by atoms with Crippen molar-refractivity contribution in [1.82, 2.24) is 0 Å². The predicted molar refractivity (Wildman–Crippen MR) is 124 cm³/mol. The Kier molecular flexibility index (Phi) is 5.19. The van der Waals surface area contributed by atoms with Crippen LogP contribution in [0.3, 0.4) is 0 Å². The molecule has 0 unspecified atom stereocenters. The molecule has 0 radical (unpaired) electrons. The molecule has 4 rings (SSSR count). The second-order valence-electron chi connectivity index (χ2n) is 10.6. The lowest BCUT2D eigenvalue weighted by Crippen LogP contribution is -2.26. The summed E-state index contributed by atoms with van der Waals surface area (Å²) >= 11 is 0. The molecule has 2 N–H and O–H groups in total. The Balaban J connectivity index is 1.89. The molecule has 2 aromatic carbocycles. The van der Waals surface area contributed by atoms with Crippen molar-refractivity contribution in [2.24, 2.45) is 0 Å². The van der Waals surface area contributed by atoms with Crippen molar-refractivity contribution in [2.75, 3.05) is 13.2 Å². The summed E-state index contributed by atoms with van der Waals surface area (Å²) in [5, 5.41) is 21.6. The summed E-state index contributed by atoms with van der Waals surface area (Å²) in [6.45, 7) is 14.4. The molecule has 0 saturated heterocycles. The van der Waals surface area contributed by atoms with Crippen LogP contribution in [-0.2, 0) is 16.2 Å². The quantitative estimate of drug-likeness (QED) is 0.569. The zero-order valence-electron chi connectivity index (χ0n) is 19.8. The van der Waals surface area contributed by atoms with Crippen molar-refractivity contribution in [3.63, 3.8) is 0 Å². The maximum Gasteiger partial charge on any atom is 0.161 e. The third-order valence-corrected chi connectivity index (χ3v) is 7.10. The van der Waals surface area contributed by atoms with Crippen LogP contribution in [0.2, 0.25) is 0 Å². The summed E-state index contributed by atoms with van der Waals surface area (Å²) in [6, 6.07) is 7.91. The lowest BCUT2D eigenvalue weighted by molar-refractivity contribution is 0.298. The fraction of sp³-hybridized carbons (Fsp3) is 0.556. The summed E-state index contributed by atoms with van der Waals surface area (Å²) in [5.74, 6) is 1.52. The van der Waals surface area contributed by atoms with Crippen LogP contribution < -0.4 is 9.47 Å². The van der Waals surface area contributed by atoms with Crippen molar-refractivity contribution in [3.8, 4) is 23.0 Å². The van der Waals surface area contributed by atoms with E-state index >= 15 is 0 Å². The van der Waals surface area contributed by atoms with Crippen molar-refractivity contribution in [1.29, 1.82) is 0 Å².